The summed E-state index contributed by atoms with van der Waals surface area (Å²) in [6.07, 6.45) is 0. The molecule has 8 nitrogen and oxygen atoms in total. The molecule has 2 aliphatic rings. The second-order valence-electron chi connectivity index (χ2n) is 6.54. The zero-order valence-electron chi connectivity index (χ0n) is 15.2. The number of fused-ring (bicyclic) bond motifs is 2. The van der Waals surface area contributed by atoms with Gasteiger partial charge in [0, 0.05) is 35.1 Å². The molecule has 2 aliphatic heterocycles. The number of nitrogens with zero attached hydrogens (tertiary/aromatic N) is 3. The van der Waals surface area contributed by atoms with Crippen LogP contribution in [0.3, 0.4) is 0 Å². The van der Waals surface area contributed by atoms with Gasteiger partial charge in [0.05, 0.1) is 24.1 Å². The number of aryl methyl sites for hydroxylation is 1. The largest absolute Gasteiger partial charge is 0.454 e. The summed E-state index contributed by atoms with van der Waals surface area (Å²) < 4.78 is 16.1. The lowest BCUT2D eigenvalue weighted by Crippen LogP contribution is -2.37. The van der Waals surface area contributed by atoms with E-state index in [9.17, 15) is 4.79 Å². The molecule has 1 saturated heterocycles. The fourth-order valence-electron chi connectivity index (χ4n) is 3.36. The normalized spacial score (nSPS) is 15.8. The number of carbonyl (C=O) groups is 1. The summed E-state index contributed by atoms with van der Waals surface area (Å²) in [7, 11) is 0. The van der Waals surface area contributed by atoms with E-state index in [0.29, 0.717) is 30.4 Å². The molecular formula is C19H18N4O4S. The van der Waals surface area contributed by atoms with Crippen molar-refractivity contribution in [3.8, 4) is 11.5 Å². The second kappa shape index (κ2) is 6.92. The van der Waals surface area contributed by atoms with E-state index in [0.717, 1.165) is 34.7 Å². The lowest BCUT2D eigenvalue weighted by atomic mass is 10.2. The zero-order valence-corrected chi connectivity index (χ0v) is 16.0. The average molecular weight is 398 g/mol. The van der Waals surface area contributed by atoms with Crippen LogP contribution in [0.15, 0.2) is 23.6 Å². The maximum absolute atomic E-state index is 12.9. The molecule has 0 unspecified atom stereocenters. The number of rotatable bonds is 3. The highest BCUT2D eigenvalue weighted by molar-refractivity contribution is 7.11. The number of carbonyl (C=O) groups excluding carboxylic acids is 1. The van der Waals surface area contributed by atoms with Gasteiger partial charge in [0.15, 0.2) is 11.5 Å². The molecule has 144 valence electrons. The topological polar surface area (TPSA) is 85.8 Å². The van der Waals surface area contributed by atoms with E-state index in [1.807, 2.05) is 12.3 Å². The fourth-order valence-corrected chi connectivity index (χ4v) is 4.13. The van der Waals surface area contributed by atoms with Gasteiger partial charge in [-0.15, -0.1) is 11.3 Å². The first-order chi connectivity index (χ1) is 13.7. The average Bonchev–Trinajstić information content (AvgIpc) is 3.34. The summed E-state index contributed by atoms with van der Waals surface area (Å²) in [5, 5.41) is 5.82. The summed E-state index contributed by atoms with van der Waals surface area (Å²) in [6, 6.07) is 5.27. The minimum atomic E-state index is -0.362. The number of benzene rings is 1. The molecule has 2 aromatic heterocycles. The second-order valence-corrected chi connectivity index (χ2v) is 7.63. The van der Waals surface area contributed by atoms with Crippen molar-refractivity contribution < 1.29 is 19.0 Å². The highest BCUT2D eigenvalue weighted by Gasteiger charge is 2.22. The third kappa shape index (κ3) is 3.02. The van der Waals surface area contributed by atoms with Crippen LogP contribution in [0, 0.1) is 6.92 Å². The van der Waals surface area contributed by atoms with Crippen molar-refractivity contribution in [1.82, 2.24) is 9.97 Å². The van der Waals surface area contributed by atoms with Gasteiger partial charge in [0.1, 0.15) is 5.82 Å². The van der Waals surface area contributed by atoms with Crippen LogP contribution in [0.5, 0.6) is 11.5 Å². The predicted octanol–water partition coefficient (Wildman–Crippen LogP) is 2.82. The number of amides is 1. The maximum atomic E-state index is 12.9. The Morgan fingerprint density at radius 1 is 1.18 bits per heavy atom. The Kier molecular flexibility index (Phi) is 4.25. The zero-order chi connectivity index (χ0) is 19.1. The van der Waals surface area contributed by atoms with Crippen LogP contribution in [0.1, 0.15) is 15.5 Å². The van der Waals surface area contributed by atoms with Crippen molar-refractivity contribution in [2.45, 2.75) is 6.92 Å². The van der Waals surface area contributed by atoms with Crippen molar-refractivity contribution in [3.05, 3.63) is 34.3 Å². The summed E-state index contributed by atoms with van der Waals surface area (Å²) >= 11 is 1.61. The lowest BCUT2D eigenvalue weighted by molar-refractivity contribution is 0.101. The predicted molar refractivity (Wildman–Crippen MR) is 106 cm³/mol. The van der Waals surface area contributed by atoms with Crippen molar-refractivity contribution in [2.24, 2.45) is 0 Å². The molecule has 1 N–H and O–H groups in total. The summed E-state index contributed by atoms with van der Waals surface area (Å²) in [5.41, 5.74) is 1.39. The third-order valence-electron chi connectivity index (χ3n) is 4.76. The van der Waals surface area contributed by atoms with E-state index in [1.165, 1.54) is 0 Å². The molecule has 28 heavy (non-hydrogen) atoms. The highest BCUT2D eigenvalue weighted by atomic mass is 32.1. The van der Waals surface area contributed by atoms with E-state index >= 15 is 0 Å². The standard InChI is InChI=1S/C19H18N4O4S/c1-11-16-13(9-28-11)21-17(22-18(16)23-4-6-25-7-5-23)19(24)20-12-2-3-14-15(8-12)27-10-26-14/h2-3,8-9H,4-7,10H2,1H3,(H,20,24). The molecule has 0 saturated carbocycles. The van der Waals surface area contributed by atoms with Gasteiger partial charge in [0.2, 0.25) is 12.6 Å². The minimum absolute atomic E-state index is 0.143. The van der Waals surface area contributed by atoms with E-state index in [1.54, 1.807) is 29.5 Å². The number of hydrogen-bond acceptors (Lipinski definition) is 8. The third-order valence-corrected chi connectivity index (χ3v) is 5.66. The Bertz CT molecular complexity index is 1060. The van der Waals surface area contributed by atoms with Crippen LogP contribution in [0.4, 0.5) is 11.5 Å². The molecule has 3 aromatic rings. The van der Waals surface area contributed by atoms with Gasteiger partial charge in [-0.25, -0.2) is 9.97 Å². The van der Waals surface area contributed by atoms with Crippen LogP contribution in [0.2, 0.25) is 0 Å². The Balaban J connectivity index is 1.49. The minimum Gasteiger partial charge on any atom is -0.454 e. The van der Waals surface area contributed by atoms with Crippen molar-refractivity contribution in [3.63, 3.8) is 0 Å². The van der Waals surface area contributed by atoms with Gasteiger partial charge in [-0.3, -0.25) is 4.79 Å². The number of thiophene rings is 1. The highest BCUT2D eigenvalue weighted by Crippen LogP contribution is 2.35. The van der Waals surface area contributed by atoms with Crippen molar-refractivity contribution in [2.75, 3.05) is 43.3 Å². The van der Waals surface area contributed by atoms with Gasteiger partial charge in [-0.05, 0) is 19.1 Å². The SMILES string of the molecule is Cc1scc2nc(C(=O)Nc3ccc4c(c3)OCO4)nc(N3CCOCC3)c12. The Morgan fingerprint density at radius 3 is 2.86 bits per heavy atom. The molecule has 0 spiro atoms. The van der Waals surface area contributed by atoms with Gasteiger partial charge in [0.25, 0.3) is 5.91 Å². The monoisotopic (exact) mass is 398 g/mol. The molecule has 0 bridgehead atoms. The van der Waals surface area contributed by atoms with Crippen molar-refractivity contribution in [1.29, 1.82) is 0 Å². The van der Waals surface area contributed by atoms with E-state index in [4.69, 9.17) is 14.2 Å². The molecule has 0 atom stereocenters. The fraction of sp³-hybridized carbons (Fsp3) is 0.316. The van der Waals surface area contributed by atoms with E-state index in [2.05, 4.69) is 20.2 Å². The molecule has 5 rings (SSSR count). The smallest absolute Gasteiger partial charge is 0.293 e. The number of anilines is 2. The van der Waals surface area contributed by atoms with Crippen molar-refractivity contribution >= 4 is 39.7 Å². The molecule has 0 radical (unpaired) electrons. The van der Waals surface area contributed by atoms with Gasteiger partial charge < -0.3 is 24.4 Å². The van der Waals surface area contributed by atoms with Gasteiger partial charge >= 0.3 is 0 Å². The first-order valence-corrected chi connectivity index (χ1v) is 9.86. The van der Waals surface area contributed by atoms with Crippen LogP contribution in [0.25, 0.3) is 10.9 Å². The Morgan fingerprint density at radius 2 is 2.00 bits per heavy atom. The van der Waals surface area contributed by atoms with Crippen LogP contribution >= 0.6 is 11.3 Å². The number of nitrogens with one attached hydrogen (secondary N) is 1. The number of aromatic nitrogens is 2. The molecule has 9 heteroatoms. The molecule has 1 aromatic carbocycles. The first kappa shape index (κ1) is 17.2. The quantitative estimate of drug-likeness (QED) is 0.726. The Labute approximate surface area is 165 Å². The van der Waals surface area contributed by atoms with Gasteiger partial charge in [-0.1, -0.05) is 0 Å². The summed E-state index contributed by atoms with van der Waals surface area (Å²) in [4.78, 5) is 25.3. The first-order valence-electron chi connectivity index (χ1n) is 8.98. The van der Waals surface area contributed by atoms with Crippen LogP contribution in [-0.2, 0) is 4.74 Å². The van der Waals surface area contributed by atoms with E-state index in [-0.39, 0.29) is 18.5 Å². The van der Waals surface area contributed by atoms with Crippen LogP contribution < -0.4 is 19.7 Å². The van der Waals surface area contributed by atoms with Crippen LogP contribution in [-0.4, -0.2) is 49.0 Å². The summed E-state index contributed by atoms with van der Waals surface area (Å²) in [5.74, 6) is 1.85. The molecular weight excluding hydrogens is 380 g/mol. The van der Waals surface area contributed by atoms with Gasteiger partial charge in [-0.2, -0.15) is 0 Å². The summed E-state index contributed by atoms with van der Waals surface area (Å²) in [6.45, 7) is 5.01. The molecule has 1 amide bonds. The maximum Gasteiger partial charge on any atom is 0.293 e. The number of hydrogen-bond donors (Lipinski definition) is 1. The van der Waals surface area contributed by atoms with E-state index < -0.39 is 0 Å². The number of morpholine rings is 1. The molecule has 0 aliphatic carbocycles. The molecule has 1 fully saturated rings. The number of ether oxygens (including phenoxy) is 3. The molecule has 4 heterocycles. The lowest BCUT2D eigenvalue weighted by Gasteiger charge is -2.28. The Hall–Kier alpha value is -2.91.